The van der Waals surface area contributed by atoms with Crippen LogP contribution in [0.25, 0.3) is 0 Å². The molecule has 1 N–H and O–H groups in total. The molecule has 2 nitrogen and oxygen atoms in total. The van der Waals surface area contributed by atoms with Gasteiger partial charge in [-0.1, -0.05) is 12.1 Å². The molecular formula is C8H7ClO2. The summed E-state index contributed by atoms with van der Waals surface area (Å²) >= 11 is 5.49. The van der Waals surface area contributed by atoms with Gasteiger partial charge in [-0.25, -0.2) is 0 Å². The van der Waals surface area contributed by atoms with Gasteiger partial charge in [0.15, 0.2) is 6.29 Å². The molecule has 0 atom stereocenters. The van der Waals surface area contributed by atoms with Crippen LogP contribution in [0.3, 0.4) is 0 Å². The first-order valence-electron chi connectivity index (χ1n) is 3.11. The molecule has 0 radical (unpaired) electrons. The highest BCUT2D eigenvalue weighted by Gasteiger charge is 2.03. The lowest BCUT2D eigenvalue weighted by atomic mass is 10.1. The number of alkyl halides is 1. The van der Waals surface area contributed by atoms with Crippen LogP contribution in [0.2, 0.25) is 0 Å². The molecule has 11 heavy (non-hydrogen) atoms. The minimum absolute atomic E-state index is 0.0162. The second-order valence-corrected chi connectivity index (χ2v) is 2.37. The molecule has 58 valence electrons. The Balaban J connectivity index is 3.20. The van der Waals surface area contributed by atoms with Gasteiger partial charge in [-0.2, -0.15) is 0 Å². The van der Waals surface area contributed by atoms with E-state index in [0.717, 1.165) is 0 Å². The van der Waals surface area contributed by atoms with Gasteiger partial charge in [0, 0.05) is 5.56 Å². The number of hydrogen-bond donors (Lipinski definition) is 1. The van der Waals surface area contributed by atoms with Crippen molar-refractivity contribution in [3.63, 3.8) is 0 Å². The van der Waals surface area contributed by atoms with E-state index in [2.05, 4.69) is 0 Å². The Kier molecular flexibility index (Phi) is 2.49. The van der Waals surface area contributed by atoms with Gasteiger partial charge in [0.2, 0.25) is 0 Å². The van der Waals surface area contributed by atoms with Crippen molar-refractivity contribution in [1.29, 1.82) is 0 Å². The number of carbonyl (C=O) groups excluding carboxylic acids is 1. The highest BCUT2D eigenvalue weighted by atomic mass is 35.5. The Labute approximate surface area is 69.4 Å². The highest BCUT2D eigenvalue weighted by molar-refractivity contribution is 6.17. The fourth-order valence-electron chi connectivity index (χ4n) is 0.814. The van der Waals surface area contributed by atoms with Crippen LogP contribution >= 0.6 is 11.6 Å². The van der Waals surface area contributed by atoms with Gasteiger partial charge >= 0.3 is 0 Å². The molecule has 0 bridgehead atoms. The van der Waals surface area contributed by atoms with E-state index in [9.17, 15) is 9.90 Å². The number of halogens is 1. The van der Waals surface area contributed by atoms with Crippen molar-refractivity contribution in [3.8, 4) is 5.75 Å². The molecule has 1 rings (SSSR count). The zero-order valence-corrected chi connectivity index (χ0v) is 6.51. The first-order valence-corrected chi connectivity index (χ1v) is 3.65. The van der Waals surface area contributed by atoms with Crippen LogP contribution in [0.15, 0.2) is 18.2 Å². The number of hydrogen-bond acceptors (Lipinski definition) is 2. The number of phenolic OH excluding ortho intramolecular Hbond substituents is 1. The maximum Gasteiger partial charge on any atom is 0.153 e. The predicted molar refractivity (Wildman–Crippen MR) is 43.1 cm³/mol. The molecule has 0 unspecified atom stereocenters. The number of aromatic hydroxyl groups is 1. The van der Waals surface area contributed by atoms with E-state index in [1.54, 1.807) is 18.2 Å². The Morgan fingerprint density at radius 3 is 2.82 bits per heavy atom. The fourth-order valence-corrected chi connectivity index (χ4v) is 1.03. The van der Waals surface area contributed by atoms with Crippen LogP contribution in [-0.4, -0.2) is 11.4 Å². The monoisotopic (exact) mass is 170 g/mol. The lowest BCUT2D eigenvalue weighted by Crippen LogP contribution is -1.85. The number of phenols is 1. The maximum atomic E-state index is 10.3. The van der Waals surface area contributed by atoms with E-state index in [1.807, 2.05) is 0 Å². The van der Waals surface area contributed by atoms with Gasteiger partial charge in [-0.15, -0.1) is 11.6 Å². The van der Waals surface area contributed by atoms with Gasteiger partial charge < -0.3 is 5.11 Å². The Bertz CT molecular complexity index is 271. The van der Waals surface area contributed by atoms with Crippen molar-refractivity contribution < 1.29 is 9.90 Å². The summed E-state index contributed by atoms with van der Waals surface area (Å²) in [5, 5.41) is 9.27. The van der Waals surface area contributed by atoms with Crippen LogP contribution in [0, 0.1) is 0 Å². The summed E-state index contributed by atoms with van der Waals surface area (Å²) in [4.78, 5) is 10.3. The van der Waals surface area contributed by atoms with Crippen molar-refractivity contribution in [2.75, 3.05) is 0 Å². The minimum atomic E-state index is -0.0162. The fraction of sp³-hybridized carbons (Fsp3) is 0.125. The molecule has 0 aliphatic carbocycles. The first kappa shape index (κ1) is 8.08. The number of aldehydes is 1. The molecule has 0 saturated carbocycles. The molecule has 1 aromatic carbocycles. The summed E-state index contributed by atoms with van der Waals surface area (Å²) in [7, 11) is 0. The van der Waals surface area contributed by atoms with Crippen LogP contribution < -0.4 is 0 Å². The number of para-hydroxylation sites is 1. The van der Waals surface area contributed by atoms with E-state index in [4.69, 9.17) is 11.6 Å². The van der Waals surface area contributed by atoms with E-state index >= 15 is 0 Å². The summed E-state index contributed by atoms with van der Waals surface area (Å²) in [6.45, 7) is 0. The zero-order valence-electron chi connectivity index (χ0n) is 5.75. The van der Waals surface area contributed by atoms with E-state index < -0.39 is 0 Å². The van der Waals surface area contributed by atoms with Crippen molar-refractivity contribution in [1.82, 2.24) is 0 Å². The standard InChI is InChI=1S/C8H7ClO2/c9-4-6-2-1-3-7(5-10)8(6)11/h1-3,5,11H,4H2. The van der Waals surface area contributed by atoms with Gasteiger partial charge in [-0.3, -0.25) is 4.79 Å². The van der Waals surface area contributed by atoms with Crippen molar-refractivity contribution in [3.05, 3.63) is 29.3 Å². The third-order valence-corrected chi connectivity index (χ3v) is 1.71. The largest absolute Gasteiger partial charge is 0.507 e. The summed E-state index contributed by atoms with van der Waals surface area (Å²) < 4.78 is 0. The lowest BCUT2D eigenvalue weighted by Gasteiger charge is -2.00. The molecule has 1 aromatic rings. The van der Waals surface area contributed by atoms with E-state index in [-0.39, 0.29) is 17.2 Å². The topological polar surface area (TPSA) is 37.3 Å². The Morgan fingerprint density at radius 2 is 2.27 bits per heavy atom. The minimum Gasteiger partial charge on any atom is -0.507 e. The summed E-state index contributed by atoms with van der Waals surface area (Å²) in [6.07, 6.45) is 0.603. The number of rotatable bonds is 2. The van der Waals surface area contributed by atoms with Crippen LogP contribution in [-0.2, 0) is 5.88 Å². The summed E-state index contributed by atoms with van der Waals surface area (Å²) in [6, 6.07) is 4.90. The predicted octanol–water partition coefficient (Wildman–Crippen LogP) is 1.94. The second-order valence-electron chi connectivity index (χ2n) is 2.11. The molecule has 0 saturated heterocycles. The van der Waals surface area contributed by atoms with E-state index in [0.29, 0.717) is 11.8 Å². The van der Waals surface area contributed by atoms with Crippen LogP contribution in [0.5, 0.6) is 5.75 Å². The third kappa shape index (κ3) is 1.52. The molecule has 0 fully saturated rings. The highest BCUT2D eigenvalue weighted by Crippen LogP contribution is 2.21. The lowest BCUT2D eigenvalue weighted by molar-refractivity contribution is 0.112. The molecule has 3 heteroatoms. The molecule has 0 spiro atoms. The quantitative estimate of drug-likeness (QED) is 0.544. The Hall–Kier alpha value is -1.02. The summed E-state index contributed by atoms with van der Waals surface area (Å²) in [5.74, 6) is 0.200. The maximum absolute atomic E-state index is 10.3. The van der Waals surface area contributed by atoms with Crippen LogP contribution in [0.4, 0.5) is 0 Å². The average Bonchev–Trinajstić information content (AvgIpc) is 2.05. The molecule has 0 aromatic heterocycles. The summed E-state index contributed by atoms with van der Waals surface area (Å²) in [5.41, 5.74) is 0.861. The average molecular weight is 171 g/mol. The molecule has 0 aliphatic heterocycles. The number of benzene rings is 1. The molecule has 0 aliphatic rings. The van der Waals surface area contributed by atoms with Crippen LogP contribution in [0.1, 0.15) is 15.9 Å². The van der Waals surface area contributed by atoms with E-state index in [1.165, 1.54) is 0 Å². The smallest absolute Gasteiger partial charge is 0.153 e. The SMILES string of the molecule is O=Cc1cccc(CCl)c1O. The van der Waals surface area contributed by atoms with Crippen molar-refractivity contribution in [2.24, 2.45) is 0 Å². The zero-order chi connectivity index (χ0) is 8.27. The van der Waals surface area contributed by atoms with Crippen molar-refractivity contribution in [2.45, 2.75) is 5.88 Å². The molecule has 0 amide bonds. The first-order chi connectivity index (χ1) is 5.29. The molecular weight excluding hydrogens is 164 g/mol. The van der Waals surface area contributed by atoms with Gasteiger partial charge in [-0.05, 0) is 6.07 Å². The van der Waals surface area contributed by atoms with Gasteiger partial charge in [0.25, 0.3) is 0 Å². The van der Waals surface area contributed by atoms with Gasteiger partial charge in [0.05, 0.1) is 11.4 Å². The normalized spacial score (nSPS) is 9.55. The Morgan fingerprint density at radius 1 is 1.55 bits per heavy atom. The third-order valence-electron chi connectivity index (χ3n) is 1.42. The molecule has 0 heterocycles. The number of carbonyl (C=O) groups is 1. The van der Waals surface area contributed by atoms with Gasteiger partial charge in [0.1, 0.15) is 5.75 Å². The second kappa shape index (κ2) is 3.39. The van der Waals surface area contributed by atoms with Crippen molar-refractivity contribution >= 4 is 17.9 Å².